The smallest absolute Gasteiger partial charge is 0.321 e. The van der Waals surface area contributed by atoms with E-state index in [1.165, 1.54) is 0 Å². The quantitative estimate of drug-likeness (QED) is 0.460. The zero-order chi connectivity index (χ0) is 7.28. The Hall–Kier alpha value is -0.610. The van der Waals surface area contributed by atoms with E-state index >= 15 is 0 Å². The van der Waals surface area contributed by atoms with Gasteiger partial charge in [-0.15, -0.1) is 0 Å². The van der Waals surface area contributed by atoms with Crippen LogP contribution in [0.1, 0.15) is 13.8 Å². The lowest BCUT2D eigenvalue weighted by atomic mass is 10.4. The average Bonchev–Trinajstić information content (AvgIpc) is 1.82. The van der Waals surface area contributed by atoms with Crippen molar-refractivity contribution in [1.29, 1.82) is 0 Å². The molecule has 0 aliphatic rings. The second-order valence-electron chi connectivity index (χ2n) is 1.64. The van der Waals surface area contributed by atoms with E-state index in [1.54, 1.807) is 20.4 Å². The molecule has 1 atom stereocenters. The topological polar surface area (TPSA) is 61.4 Å². The van der Waals surface area contributed by atoms with Crippen molar-refractivity contribution in [3.05, 3.63) is 6.54 Å². The fourth-order valence-corrected chi connectivity index (χ4v) is 0.270. The monoisotopic (exact) mass is 131 g/mol. The average molecular weight is 131 g/mol. The van der Waals surface area contributed by atoms with Crippen molar-refractivity contribution in [2.24, 2.45) is 0 Å². The number of nitrogens with one attached hydrogen (secondary N) is 2. The normalized spacial score (nSPS) is 13.1. The van der Waals surface area contributed by atoms with Gasteiger partial charge in [0.05, 0.1) is 0 Å². The van der Waals surface area contributed by atoms with Crippen molar-refractivity contribution < 1.29 is 9.90 Å². The summed E-state index contributed by atoms with van der Waals surface area (Å²) in [6, 6.07) is -0.554. The van der Waals surface area contributed by atoms with E-state index in [1.807, 2.05) is 0 Å². The largest absolute Gasteiger partial charge is 0.480 e. The van der Waals surface area contributed by atoms with Crippen LogP contribution in [0.15, 0.2) is 0 Å². The molecule has 0 aromatic rings. The first-order valence-electron chi connectivity index (χ1n) is 2.70. The summed E-state index contributed by atoms with van der Waals surface area (Å²) in [7, 11) is 0. The van der Waals surface area contributed by atoms with Crippen LogP contribution in [0.2, 0.25) is 0 Å². The Morgan fingerprint density at radius 1 is 1.78 bits per heavy atom. The highest BCUT2D eigenvalue weighted by Crippen LogP contribution is 1.76. The lowest BCUT2D eigenvalue weighted by molar-refractivity contribution is -0.139. The molecule has 9 heavy (non-hydrogen) atoms. The Balaban J connectivity index is 3.27. The Kier molecular flexibility index (Phi) is 4.00. The molecule has 0 rings (SSSR count). The van der Waals surface area contributed by atoms with Gasteiger partial charge in [0.25, 0.3) is 0 Å². The Morgan fingerprint density at radius 3 is 2.67 bits per heavy atom. The number of hydrogen-bond acceptors (Lipinski definition) is 3. The second-order valence-corrected chi connectivity index (χ2v) is 1.64. The second kappa shape index (κ2) is 4.29. The first-order chi connectivity index (χ1) is 4.18. The van der Waals surface area contributed by atoms with E-state index in [0.29, 0.717) is 0 Å². The number of hydrazine groups is 1. The minimum Gasteiger partial charge on any atom is -0.480 e. The summed E-state index contributed by atoms with van der Waals surface area (Å²) >= 11 is 0. The van der Waals surface area contributed by atoms with Crippen molar-refractivity contribution in [2.75, 3.05) is 0 Å². The van der Waals surface area contributed by atoms with Gasteiger partial charge in [0.1, 0.15) is 6.04 Å². The van der Waals surface area contributed by atoms with E-state index in [-0.39, 0.29) is 0 Å². The van der Waals surface area contributed by atoms with E-state index in [9.17, 15) is 4.79 Å². The summed E-state index contributed by atoms with van der Waals surface area (Å²) in [6.45, 7) is 4.94. The van der Waals surface area contributed by atoms with Crippen LogP contribution in [0.25, 0.3) is 0 Å². The van der Waals surface area contributed by atoms with E-state index in [4.69, 9.17) is 5.11 Å². The summed E-state index contributed by atoms with van der Waals surface area (Å²) < 4.78 is 0. The fourth-order valence-electron chi connectivity index (χ4n) is 0.270. The van der Waals surface area contributed by atoms with Gasteiger partial charge in [-0.05, 0) is 13.8 Å². The first kappa shape index (κ1) is 8.39. The molecule has 0 unspecified atom stereocenters. The standard InChI is InChI=1S/C5H11N2O2/c1-3-6-7-4(2)5(8)9/h3-4,6-7H,1-2H3,(H,8,9)/t4-/m0/s1. The molecule has 0 saturated carbocycles. The van der Waals surface area contributed by atoms with Crippen LogP contribution in [0.4, 0.5) is 0 Å². The number of aliphatic carboxylic acids is 1. The highest BCUT2D eigenvalue weighted by Gasteiger charge is 2.07. The molecule has 0 amide bonds. The molecule has 0 spiro atoms. The molecule has 0 aliphatic carbocycles. The minimum absolute atomic E-state index is 0.554. The highest BCUT2D eigenvalue weighted by atomic mass is 16.4. The molecule has 0 aliphatic heterocycles. The van der Waals surface area contributed by atoms with E-state index in [2.05, 4.69) is 10.9 Å². The van der Waals surface area contributed by atoms with Crippen LogP contribution in [-0.4, -0.2) is 17.1 Å². The van der Waals surface area contributed by atoms with Crippen molar-refractivity contribution in [3.8, 4) is 0 Å². The Bertz CT molecular complexity index is 95.0. The molecule has 0 saturated heterocycles. The van der Waals surface area contributed by atoms with Gasteiger partial charge in [-0.2, -0.15) is 0 Å². The summed E-state index contributed by atoms with van der Waals surface area (Å²) in [5.41, 5.74) is 5.10. The van der Waals surface area contributed by atoms with Crippen LogP contribution >= 0.6 is 0 Å². The SMILES string of the molecule is C[CH]NN[C@@H](C)C(=O)O. The first-order valence-corrected chi connectivity index (χ1v) is 2.70. The van der Waals surface area contributed by atoms with Gasteiger partial charge in [0, 0.05) is 6.54 Å². The Morgan fingerprint density at radius 2 is 2.33 bits per heavy atom. The number of rotatable bonds is 4. The van der Waals surface area contributed by atoms with Crippen molar-refractivity contribution in [2.45, 2.75) is 19.9 Å². The van der Waals surface area contributed by atoms with Crippen molar-refractivity contribution >= 4 is 5.97 Å². The summed E-state index contributed by atoms with van der Waals surface area (Å²) in [5, 5.41) is 8.29. The highest BCUT2D eigenvalue weighted by molar-refractivity contribution is 5.72. The fraction of sp³-hybridized carbons (Fsp3) is 0.600. The molecule has 0 heterocycles. The van der Waals surface area contributed by atoms with Crippen LogP contribution in [0.5, 0.6) is 0 Å². The summed E-state index contributed by atoms with van der Waals surface area (Å²) in [5.74, 6) is -0.871. The maximum Gasteiger partial charge on any atom is 0.321 e. The van der Waals surface area contributed by atoms with Gasteiger partial charge >= 0.3 is 5.97 Å². The third kappa shape index (κ3) is 3.93. The maximum absolute atomic E-state index is 10.1. The summed E-state index contributed by atoms with van der Waals surface area (Å²) in [6.07, 6.45) is 0. The number of hydrogen-bond donors (Lipinski definition) is 3. The molecule has 0 fully saturated rings. The van der Waals surface area contributed by atoms with Gasteiger partial charge in [0.15, 0.2) is 0 Å². The molecule has 4 heteroatoms. The zero-order valence-corrected chi connectivity index (χ0v) is 5.51. The summed E-state index contributed by atoms with van der Waals surface area (Å²) in [4.78, 5) is 10.1. The van der Waals surface area contributed by atoms with Gasteiger partial charge in [-0.1, -0.05) is 0 Å². The molecular weight excluding hydrogens is 120 g/mol. The number of carboxylic acid groups (broad SMARTS) is 1. The zero-order valence-electron chi connectivity index (χ0n) is 5.51. The maximum atomic E-state index is 10.1. The van der Waals surface area contributed by atoms with Gasteiger partial charge in [-0.3, -0.25) is 10.2 Å². The van der Waals surface area contributed by atoms with E-state index < -0.39 is 12.0 Å². The predicted molar refractivity (Wildman–Crippen MR) is 33.3 cm³/mol. The van der Waals surface area contributed by atoms with Crippen molar-refractivity contribution in [1.82, 2.24) is 10.9 Å². The molecule has 1 radical (unpaired) electrons. The minimum atomic E-state index is -0.871. The number of carbonyl (C=O) groups is 1. The van der Waals surface area contributed by atoms with E-state index in [0.717, 1.165) is 0 Å². The van der Waals surface area contributed by atoms with Crippen LogP contribution < -0.4 is 10.9 Å². The van der Waals surface area contributed by atoms with Gasteiger partial charge in [0.2, 0.25) is 0 Å². The van der Waals surface area contributed by atoms with Gasteiger partial charge < -0.3 is 5.11 Å². The molecule has 3 N–H and O–H groups in total. The van der Waals surface area contributed by atoms with Crippen molar-refractivity contribution in [3.63, 3.8) is 0 Å². The third-order valence-electron chi connectivity index (χ3n) is 0.815. The lowest BCUT2D eigenvalue weighted by Gasteiger charge is -2.07. The lowest BCUT2D eigenvalue weighted by Crippen LogP contribution is -2.41. The molecule has 0 aromatic heterocycles. The van der Waals surface area contributed by atoms with Crippen LogP contribution in [0, 0.1) is 6.54 Å². The van der Waals surface area contributed by atoms with Crippen LogP contribution in [0.3, 0.4) is 0 Å². The number of carboxylic acids is 1. The predicted octanol–water partition coefficient (Wildman–Crippen LogP) is -0.265. The molecule has 0 bridgehead atoms. The molecule has 0 aromatic carbocycles. The molecule has 53 valence electrons. The molecule has 4 nitrogen and oxygen atoms in total. The van der Waals surface area contributed by atoms with Gasteiger partial charge in [-0.25, -0.2) is 5.43 Å². The third-order valence-corrected chi connectivity index (χ3v) is 0.815. The molecular formula is C5H11N2O2. The van der Waals surface area contributed by atoms with Crippen LogP contribution in [-0.2, 0) is 4.79 Å². The Labute approximate surface area is 54.2 Å².